The highest BCUT2D eigenvalue weighted by molar-refractivity contribution is 5.81. The lowest BCUT2D eigenvalue weighted by Crippen LogP contribution is -2.35. The number of nitrogens with zero attached hydrogens (tertiary/aromatic N) is 2. The fourth-order valence-electron chi connectivity index (χ4n) is 2.92. The largest absolute Gasteiger partial charge is 0.392 e. The Hall–Kier alpha value is -1.61. The summed E-state index contributed by atoms with van der Waals surface area (Å²) in [5.41, 5.74) is 1.95. The number of hydrogen-bond acceptors (Lipinski definition) is 3. The first-order valence-electron chi connectivity index (χ1n) is 7.02. The molecular formula is C16H20N2O. The highest BCUT2D eigenvalue weighted by Gasteiger charge is 2.20. The van der Waals surface area contributed by atoms with Crippen LogP contribution in [0, 0.1) is 5.92 Å². The van der Waals surface area contributed by atoms with Gasteiger partial charge in [0, 0.05) is 24.0 Å². The first kappa shape index (κ1) is 12.4. The van der Waals surface area contributed by atoms with Crippen LogP contribution in [0.25, 0.3) is 10.9 Å². The van der Waals surface area contributed by atoms with Gasteiger partial charge in [-0.15, -0.1) is 0 Å². The zero-order chi connectivity index (χ0) is 13.2. The summed E-state index contributed by atoms with van der Waals surface area (Å²) in [6.07, 6.45) is 2.50. The van der Waals surface area contributed by atoms with Gasteiger partial charge in [-0.2, -0.15) is 0 Å². The topological polar surface area (TPSA) is 36.4 Å². The van der Waals surface area contributed by atoms with Crippen molar-refractivity contribution < 1.29 is 5.11 Å². The van der Waals surface area contributed by atoms with E-state index in [-0.39, 0.29) is 6.61 Å². The number of aliphatic hydroxyl groups is 1. The van der Waals surface area contributed by atoms with Crippen LogP contribution in [-0.4, -0.2) is 23.2 Å². The van der Waals surface area contributed by atoms with Crippen LogP contribution < -0.4 is 4.90 Å². The Balaban J connectivity index is 2.05. The third kappa shape index (κ3) is 2.43. The zero-order valence-corrected chi connectivity index (χ0v) is 11.3. The summed E-state index contributed by atoms with van der Waals surface area (Å²) in [6.45, 7) is 4.42. The van der Waals surface area contributed by atoms with Gasteiger partial charge in [0.25, 0.3) is 0 Å². The number of fused-ring (bicyclic) bond motifs is 1. The zero-order valence-electron chi connectivity index (χ0n) is 11.3. The molecule has 1 aliphatic rings. The second-order valence-electron chi connectivity index (χ2n) is 5.52. The number of hydrogen-bond donors (Lipinski definition) is 1. The highest BCUT2D eigenvalue weighted by Crippen LogP contribution is 2.27. The molecule has 3 heteroatoms. The van der Waals surface area contributed by atoms with Crippen LogP contribution in [0.4, 0.5) is 5.82 Å². The molecule has 0 spiro atoms. The molecule has 0 radical (unpaired) electrons. The molecule has 2 aromatic rings. The number of benzene rings is 1. The Bertz CT molecular complexity index is 582. The SMILES string of the molecule is CC1CCCN(c2nc3ccccc3cc2CO)C1. The Morgan fingerprint density at radius 2 is 2.21 bits per heavy atom. The summed E-state index contributed by atoms with van der Waals surface area (Å²) < 4.78 is 0. The highest BCUT2D eigenvalue weighted by atomic mass is 16.3. The molecule has 3 rings (SSSR count). The third-order valence-corrected chi connectivity index (χ3v) is 3.91. The minimum Gasteiger partial charge on any atom is -0.392 e. The van der Waals surface area contributed by atoms with Crippen molar-refractivity contribution in [2.45, 2.75) is 26.4 Å². The van der Waals surface area contributed by atoms with Gasteiger partial charge in [-0.1, -0.05) is 25.1 Å². The number of rotatable bonds is 2. The average Bonchev–Trinajstić information content (AvgIpc) is 2.46. The number of aliphatic hydroxyl groups excluding tert-OH is 1. The van der Waals surface area contributed by atoms with E-state index in [9.17, 15) is 5.11 Å². The predicted molar refractivity (Wildman–Crippen MR) is 78.3 cm³/mol. The van der Waals surface area contributed by atoms with Crippen LogP contribution in [0.15, 0.2) is 30.3 Å². The first-order valence-corrected chi connectivity index (χ1v) is 7.02. The monoisotopic (exact) mass is 256 g/mol. The van der Waals surface area contributed by atoms with Crippen LogP contribution in [0.2, 0.25) is 0 Å². The minimum atomic E-state index is 0.0536. The van der Waals surface area contributed by atoms with Crippen LogP contribution >= 0.6 is 0 Å². The summed E-state index contributed by atoms with van der Waals surface area (Å²) in [5, 5.41) is 10.7. The summed E-state index contributed by atoms with van der Waals surface area (Å²) in [5.74, 6) is 1.67. The molecular weight excluding hydrogens is 236 g/mol. The maximum atomic E-state index is 9.61. The molecule has 1 fully saturated rings. The molecule has 1 unspecified atom stereocenters. The van der Waals surface area contributed by atoms with Crippen molar-refractivity contribution in [3.05, 3.63) is 35.9 Å². The van der Waals surface area contributed by atoms with E-state index in [1.807, 2.05) is 24.3 Å². The van der Waals surface area contributed by atoms with E-state index in [0.717, 1.165) is 35.4 Å². The molecule has 1 aliphatic heterocycles. The normalized spacial score (nSPS) is 19.9. The molecule has 0 amide bonds. The second kappa shape index (κ2) is 5.17. The van der Waals surface area contributed by atoms with E-state index in [1.54, 1.807) is 0 Å². The van der Waals surface area contributed by atoms with Crippen molar-refractivity contribution in [1.29, 1.82) is 0 Å². The summed E-state index contributed by atoms with van der Waals surface area (Å²) >= 11 is 0. The van der Waals surface area contributed by atoms with E-state index in [0.29, 0.717) is 5.92 Å². The molecule has 1 aromatic heterocycles. The van der Waals surface area contributed by atoms with Crippen LogP contribution in [0.5, 0.6) is 0 Å². The molecule has 0 aliphatic carbocycles. The van der Waals surface area contributed by atoms with Crippen molar-refractivity contribution in [2.75, 3.05) is 18.0 Å². The predicted octanol–water partition coefficient (Wildman–Crippen LogP) is 2.96. The Kier molecular flexibility index (Phi) is 3.38. The molecule has 100 valence electrons. The van der Waals surface area contributed by atoms with Gasteiger partial charge in [0.05, 0.1) is 12.1 Å². The first-order chi connectivity index (χ1) is 9.28. The lowest BCUT2D eigenvalue weighted by atomic mass is 9.99. The fourth-order valence-corrected chi connectivity index (χ4v) is 2.92. The van der Waals surface area contributed by atoms with Gasteiger partial charge in [-0.3, -0.25) is 0 Å². The van der Waals surface area contributed by atoms with Crippen molar-refractivity contribution in [1.82, 2.24) is 4.98 Å². The van der Waals surface area contributed by atoms with Gasteiger partial charge in [-0.25, -0.2) is 4.98 Å². The number of pyridine rings is 1. The van der Waals surface area contributed by atoms with E-state index in [2.05, 4.69) is 17.9 Å². The Labute approximate surface area is 113 Å². The molecule has 0 bridgehead atoms. The molecule has 1 aromatic carbocycles. The van der Waals surface area contributed by atoms with Gasteiger partial charge in [0.15, 0.2) is 0 Å². The molecule has 1 N–H and O–H groups in total. The molecule has 19 heavy (non-hydrogen) atoms. The van der Waals surface area contributed by atoms with Crippen molar-refractivity contribution in [2.24, 2.45) is 5.92 Å². The number of anilines is 1. The Morgan fingerprint density at radius 1 is 1.37 bits per heavy atom. The third-order valence-electron chi connectivity index (χ3n) is 3.91. The van der Waals surface area contributed by atoms with Gasteiger partial charge in [0.1, 0.15) is 5.82 Å². The van der Waals surface area contributed by atoms with Crippen molar-refractivity contribution in [3.8, 4) is 0 Å². The van der Waals surface area contributed by atoms with E-state index >= 15 is 0 Å². The summed E-state index contributed by atoms with van der Waals surface area (Å²) in [7, 11) is 0. The van der Waals surface area contributed by atoms with E-state index < -0.39 is 0 Å². The lowest BCUT2D eigenvalue weighted by molar-refractivity contribution is 0.281. The van der Waals surface area contributed by atoms with E-state index in [1.165, 1.54) is 12.8 Å². The minimum absolute atomic E-state index is 0.0536. The van der Waals surface area contributed by atoms with Gasteiger partial charge in [0.2, 0.25) is 0 Å². The summed E-state index contributed by atoms with van der Waals surface area (Å²) in [4.78, 5) is 7.10. The van der Waals surface area contributed by atoms with Gasteiger partial charge >= 0.3 is 0 Å². The maximum Gasteiger partial charge on any atom is 0.134 e. The molecule has 2 heterocycles. The second-order valence-corrected chi connectivity index (χ2v) is 5.52. The Morgan fingerprint density at radius 3 is 3.00 bits per heavy atom. The molecule has 0 saturated carbocycles. The average molecular weight is 256 g/mol. The van der Waals surface area contributed by atoms with Crippen LogP contribution in [0.1, 0.15) is 25.3 Å². The lowest BCUT2D eigenvalue weighted by Gasteiger charge is -2.33. The summed E-state index contributed by atoms with van der Waals surface area (Å²) in [6, 6.07) is 10.2. The number of aromatic nitrogens is 1. The quantitative estimate of drug-likeness (QED) is 0.897. The molecule has 3 nitrogen and oxygen atoms in total. The smallest absolute Gasteiger partial charge is 0.134 e. The molecule has 1 saturated heterocycles. The van der Waals surface area contributed by atoms with Crippen LogP contribution in [-0.2, 0) is 6.61 Å². The van der Waals surface area contributed by atoms with Gasteiger partial charge in [-0.05, 0) is 30.9 Å². The number of piperidine rings is 1. The van der Waals surface area contributed by atoms with Crippen molar-refractivity contribution >= 4 is 16.7 Å². The fraction of sp³-hybridized carbons (Fsp3) is 0.438. The standard InChI is InChI=1S/C16H20N2O/c1-12-5-4-8-18(10-12)16-14(11-19)9-13-6-2-3-7-15(13)17-16/h2-3,6-7,9,12,19H,4-5,8,10-11H2,1H3. The van der Waals surface area contributed by atoms with E-state index in [4.69, 9.17) is 4.98 Å². The number of para-hydroxylation sites is 1. The van der Waals surface area contributed by atoms with Crippen LogP contribution in [0.3, 0.4) is 0 Å². The van der Waals surface area contributed by atoms with Gasteiger partial charge < -0.3 is 10.0 Å². The molecule has 1 atom stereocenters. The van der Waals surface area contributed by atoms with Crippen molar-refractivity contribution in [3.63, 3.8) is 0 Å². The maximum absolute atomic E-state index is 9.61.